The summed E-state index contributed by atoms with van der Waals surface area (Å²) in [6, 6.07) is 12.9. The third-order valence-corrected chi connectivity index (χ3v) is 3.91. The lowest BCUT2D eigenvalue weighted by atomic mass is 9.78. The Balaban J connectivity index is 2.73. The second kappa shape index (κ2) is 7.05. The highest BCUT2D eigenvalue weighted by Gasteiger charge is 2.37. The number of carbonyl (C=O) groups excluding carboxylic acids is 1. The van der Waals surface area contributed by atoms with Gasteiger partial charge in [-0.2, -0.15) is 5.26 Å². The maximum atomic E-state index is 15.0. The summed E-state index contributed by atoms with van der Waals surface area (Å²) < 4.78 is 15.0. The first-order chi connectivity index (χ1) is 11.7. The molecule has 0 saturated heterocycles. The van der Waals surface area contributed by atoms with Crippen LogP contribution in [0.5, 0.6) is 0 Å². The molecule has 2 aromatic rings. The minimum Gasteiger partial charge on any atom is -0.423 e. The number of rotatable bonds is 4. The highest BCUT2D eigenvalue weighted by molar-refractivity contribution is 6.58. The lowest BCUT2D eigenvalue weighted by Gasteiger charge is -2.35. The van der Waals surface area contributed by atoms with E-state index in [-0.39, 0.29) is 11.2 Å². The first kappa shape index (κ1) is 18.7. The fraction of sp³-hybridized carbons (Fsp3) is 0.222. The number of anilines is 1. The summed E-state index contributed by atoms with van der Waals surface area (Å²) in [5, 5.41) is 28.2. The van der Waals surface area contributed by atoms with Crippen molar-refractivity contribution in [3.63, 3.8) is 0 Å². The fourth-order valence-electron chi connectivity index (χ4n) is 2.55. The van der Waals surface area contributed by atoms with Gasteiger partial charge in [0.25, 0.3) is 5.91 Å². The average molecular weight is 340 g/mol. The smallest absolute Gasteiger partial charge is 0.423 e. The molecule has 0 atom stereocenters. The van der Waals surface area contributed by atoms with Gasteiger partial charge >= 0.3 is 7.12 Å². The maximum absolute atomic E-state index is 15.0. The molecule has 128 valence electrons. The molecule has 0 fully saturated rings. The van der Waals surface area contributed by atoms with Crippen molar-refractivity contribution in [3.8, 4) is 6.07 Å². The molecular formula is C18H18BFN2O3. The summed E-state index contributed by atoms with van der Waals surface area (Å²) in [6.07, 6.45) is 0. The summed E-state index contributed by atoms with van der Waals surface area (Å²) in [5.74, 6) is -1.50. The standard InChI is InChI=1S/C18H18BFN2O3/c1-12-9-10-14(19(24)25)15(20)16(12)22(18(2,3)11-21)17(23)13-7-5-4-6-8-13/h4-10,24-25H,1-3H3. The molecule has 0 spiro atoms. The van der Waals surface area contributed by atoms with Crippen LogP contribution in [0.25, 0.3) is 0 Å². The van der Waals surface area contributed by atoms with E-state index in [1.807, 2.05) is 6.07 Å². The normalized spacial score (nSPS) is 10.9. The van der Waals surface area contributed by atoms with Crippen LogP contribution in [0.15, 0.2) is 42.5 Å². The molecule has 2 aromatic carbocycles. The van der Waals surface area contributed by atoms with E-state index in [1.165, 1.54) is 26.0 Å². The van der Waals surface area contributed by atoms with E-state index in [4.69, 9.17) is 0 Å². The Morgan fingerprint density at radius 1 is 1.20 bits per heavy atom. The van der Waals surface area contributed by atoms with Crippen LogP contribution < -0.4 is 10.4 Å². The number of carbonyl (C=O) groups is 1. The van der Waals surface area contributed by atoms with E-state index >= 15 is 0 Å². The molecule has 0 saturated carbocycles. The van der Waals surface area contributed by atoms with Crippen molar-refractivity contribution >= 4 is 24.2 Å². The zero-order valence-electron chi connectivity index (χ0n) is 14.2. The van der Waals surface area contributed by atoms with Crippen LogP contribution in [0.4, 0.5) is 10.1 Å². The molecule has 2 rings (SSSR count). The maximum Gasteiger partial charge on any atom is 0.491 e. The van der Waals surface area contributed by atoms with Crippen LogP contribution in [-0.4, -0.2) is 28.6 Å². The lowest BCUT2D eigenvalue weighted by Crippen LogP contribution is -2.49. The molecule has 0 bridgehead atoms. The third kappa shape index (κ3) is 3.55. The van der Waals surface area contributed by atoms with Gasteiger partial charge in [-0.15, -0.1) is 0 Å². The van der Waals surface area contributed by atoms with Gasteiger partial charge in [-0.3, -0.25) is 9.69 Å². The van der Waals surface area contributed by atoms with Crippen molar-refractivity contribution in [2.24, 2.45) is 0 Å². The predicted molar refractivity (Wildman–Crippen MR) is 93.9 cm³/mol. The number of benzene rings is 2. The van der Waals surface area contributed by atoms with Crippen LogP contribution in [0, 0.1) is 24.1 Å². The minimum absolute atomic E-state index is 0.147. The zero-order chi connectivity index (χ0) is 18.8. The molecule has 0 unspecified atom stereocenters. The Labute approximate surface area is 146 Å². The number of amides is 1. The molecule has 0 aromatic heterocycles. The van der Waals surface area contributed by atoms with E-state index in [9.17, 15) is 24.5 Å². The minimum atomic E-state index is -2.03. The van der Waals surface area contributed by atoms with E-state index in [0.29, 0.717) is 11.1 Å². The van der Waals surface area contributed by atoms with Gasteiger partial charge in [0.1, 0.15) is 11.4 Å². The summed E-state index contributed by atoms with van der Waals surface area (Å²) in [4.78, 5) is 14.1. The van der Waals surface area contributed by atoms with Gasteiger partial charge in [0.15, 0.2) is 0 Å². The molecule has 0 aliphatic carbocycles. The second-order valence-corrected chi connectivity index (χ2v) is 6.19. The predicted octanol–water partition coefficient (Wildman–Crippen LogP) is 1.76. The Hall–Kier alpha value is -2.69. The molecule has 0 radical (unpaired) electrons. The van der Waals surface area contributed by atoms with Gasteiger partial charge in [0.05, 0.1) is 11.8 Å². The Morgan fingerprint density at radius 2 is 1.80 bits per heavy atom. The van der Waals surface area contributed by atoms with Crippen molar-refractivity contribution in [3.05, 3.63) is 59.4 Å². The third-order valence-electron chi connectivity index (χ3n) is 3.91. The van der Waals surface area contributed by atoms with E-state index < -0.39 is 24.4 Å². The Kier molecular flexibility index (Phi) is 5.26. The topological polar surface area (TPSA) is 84.6 Å². The van der Waals surface area contributed by atoms with Crippen molar-refractivity contribution < 1.29 is 19.2 Å². The van der Waals surface area contributed by atoms with Crippen molar-refractivity contribution in [2.45, 2.75) is 26.3 Å². The zero-order valence-corrected chi connectivity index (χ0v) is 14.2. The van der Waals surface area contributed by atoms with Gasteiger partial charge in [-0.25, -0.2) is 4.39 Å². The highest BCUT2D eigenvalue weighted by Crippen LogP contribution is 2.31. The molecule has 0 heterocycles. The number of halogens is 1. The molecule has 1 amide bonds. The van der Waals surface area contributed by atoms with E-state index in [1.54, 1.807) is 37.3 Å². The van der Waals surface area contributed by atoms with Gasteiger partial charge in [0, 0.05) is 11.0 Å². The monoisotopic (exact) mass is 340 g/mol. The number of nitrogens with zero attached hydrogens (tertiary/aromatic N) is 2. The summed E-state index contributed by atoms with van der Waals surface area (Å²) >= 11 is 0. The van der Waals surface area contributed by atoms with Crippen LogP contribution in [0.1, 0.15) is 29.8 Å². The number of hydrogen-bond acceptors (Lipinski definition) is 4. The lowest BCUT2D eigenvalue weighted by molar-refractivity contribution is 0.0970. The molecule has 0 aliphatic rings. The van der Waals surface area contributed by atoms with Gasteiger partial charge < -0.3 is 10.0 Å². The number of nitriles is 1. The molecule has 7 heteroatoms. The van der Waals surface area contributed by atoms with Crippen molar-refractivity contribution in [1.82, 2.24) is 0 Å². The van der Waals surface area contributed by atoms with Crippen LogP contribution in [-0.2, 0) is 0 Å². The summed E-state index contributed by atoms with van der Waals surface area (Å²) in [7, 11) is -2.03. The fourth-order valence-corrected chi connectivity index (χ4v) is 2.55. The van der Waals surface area contributed by atoms with Crippen LogP contribution in [0.3, 0.4) is 0 Å². The second-order valence-electron chi connectivity index (χ2n) is 6.19. The number of aryl methyl sites for hydroxylation is 1. The Bertz CT molecular complexity index is 832. The molecular weight excluding hydrogens is 322 g/mol. The van der Waals surface area contributed by atoms with Crippen molar-refractivity contribution in [1.29, 1.82) is 5.26 Å². The SMILES string of the molecule is Cc1ccc(B(O)O)c(F)c1N(C(=O)c1ccccc1)C(C)(C)C#N. The molecule has 5 nitrogen and oxygen atoms in total. The van der Waals surface area contributed by atoms with Gasteiger partial charge in [0.2, 0.25) is 0 Å². The van der Waals surface area contributed by atoms with Gasteiger partial charge in [-0.1, -0.05) is 30.3 Å². The molecule has 2 N–H and O–H groups in total. The van der Waals surface area contributed by atoms with E-state index in [0.717, 1.165) is 4.90 Å². The van der Waals surface area contributed by atoms with E-state index in [2.05, 4.69) is 0 Å². The van der Waals surface area contributed by atoms with Gasteiger partial charge in [-0.05, 0) is 38.5 Å². The molecule has 0 aliphatic heterocycles. The van der Waals surface area contributed by atoms with Crippen LogP contribution in [0.2, 0.25) is 0 Å². The largest absolute Gasteiger partial charge is 0.491 e. The summed E-state index contributed by atoms with van der Waals surface area (Å²) in [6.45, 7) is 4.58. The average Bonchev–Trinajstić information content (AvgIpc) is 2.58. The Morgan fingerprint density at radius 3 is 2.32 bits per heavy atom. The molecule has 25 heavy (non-hydrogen) atoms. The first-order valence-electron chi connectivity index (χ1n) is 7.66. The quantitative estimate of drug-likeness (QED) is 0.831. The van der Waals surface area contributed by atoms with Crippen molar-refractivity contribution in [2.75, 3.05) is 4.90 Å². The van der Waals surface area contributed by atoms with Crippen LogP contribution >= 0.6 is 0 Å². The highest BCUT2D eigenvalue weighted by atomic mass is 19.1. The number of hydrogen-bond donors (Lipinski definition) is 2. The summed E-state index contributed by atoms with van der Waals surface area (Å²) in [5.41, 5.74) is -1.18. The first-order valence-corrected chi connectivity index (χ1v) is 7.66.